The highest BCUT2D eigenvalue weighted by atomic mass is 16.3. The highest BCUT2D eigenvalue weighted by molar-refractivity contribution is 6.15. The molecule has 0 amide bonds. The molecular weight excluding hydrogens is 342 g/mol. The number of aromatic nitrogens is 1. The van der Waals surface area contributed by atoms with Crippen LogP contribution in [0, 0.1) is 0 Å². The van der Waals surface area contributed by atoms with E-state index in [-0.39, 0.29) is 0 Å². The van der Waals surface area contributed by atoms with E-state index in [0.717, 1.165) is 22.2 Å². The lowest BCUT2D eigenvalue weighted by atomic mass is 10.0. The molecule has 2 aromatic heterocycles. The standard InChI is InChI=1S/C26H17NO/c1-2-9-19(10-3-1)27-24-15-5-4-11-20(24)21-12-7-13-22(25(21)27)23-14-6-8-18-16-17-28-26(18)23/h1-17H. The maximum atomic E-state index is 5.86. The van der Waals surface area contributed by atoms with E-state index in [4.69, 9.17) is 4.42 Å². The number of furan rings is 1. The van der Waals surface area contributed by atoms with Crippen LogP contribution in [0.4, 0.5) is 0 Å². The van der Waals surface area contributed by atoms with Crippen LogP contribution in [-0.2, 0) is 0 Å². The number of hydrogen-bond donors (Lipinski definition) is 0. The molecule has 2 heteroatoms. The predicted octanol–water partition coefficient (Wildman–Crippen LogP) is 7.20. The Kier molecular flexibility index (Phi) is 3.20. The molecule has 2 nitrogen and oxygen atoms in total. The first-order valence-electron chi connectivity index (χ1n) is 9.46. The van der Waals surface area contributed by atoms with Gasteiger partial charge in [-0.15, -0.1) is 0 Å². The van der Waals surface area contributed by atoms with Crippen LogP contribution in [0.2, 0.25) is 0 Å². The predicted molar refractivity (Wildman–Crippen MR) is 116 cm³/mol. The second kappa shape index (κ2) is 5.86. The molecule has 0 bridgehead atoms. The van der Waals surface area contributed by atoms with E-state index < -0.39 is 0 Å². The molecule has 0 aliphatic heterocycles. The maximum Gasteiger partial charge on any atom is 0.141 e. The number of hydrogen-bond acceptors (Lipinski definition) is 1. The van der Waals surface area contributed by atoms with E-state index in [1.165, 1.54) is 27.4 Å². The summed E-state index contributed by atoms with van der Waals surface area (Å²) in [5.41, 5.74) is 6.81. The highest BCUT2D eigenvalue weighted by Crippen LogP contribution is 2.40. The first kappa shape index (κ1) is 15.3. The quantitative estimate of drug-likeness (QED) is 0.320. The first-order chi connectivity index (χ1) is 13.9. The maximum absolute atomic E-state index is 5.86. The minimum atomic E-state index is 0.930. The smallest absolute Gasteiger partial charge is 0.141 e. The second-order valence-corrected chi connectivity index (χ2v) is 7.03. The van der Waals surface area contributed by atoms with E-state index in [1.807, 2.05) is 6.07 Å². The molecule has 0 radical (unpaired) electrons. The number of para-hydroxylation sites is 4. The van der Waals surface area contributed by atoms with Gasteiger partial charge in [0.2, 0.25) is 0 Å². The topological polar surface area (TPSA) is 18.1 Å². The van der Waals surface area contributed by atoms with E-state index in [0.29, 0.717) is 0 Å². The molecule has 0 saturated heterocycles. The number of nitrogens with zero attached hydrogens (tertiary/aromatic N) is 1. The van der Waals surface area contributed by atoms with Gasteiger partial charge in [0, 0.05) is 33.0 Å². The molecule has 28 heavy (non-hydrogen) atoms. The summed E-state index contributed by atoms with van der Waals surface area (Å²) in [4.78, 5) is 0. The van der Waals surface area contributed by atoms with Crippen molar-refractivity contribution < 1.29 is 4.42 Å². The molecule has 6 rings (SSSR count). The zero-order chi connectivity index (χ0) is 18.5. The molecule has 0 N–H and O–H groups in total. The van der Waals surface area contributed by atoms with Gasteiger partial charge in [0.05, 0.1) is 17.3 Å². The second-order valence-electron chi connectivity index (χ2n) is 7.03. The van der Waals surface area contributed by atoms with E-state index in [2.05, 4.69) is 95.6 Å². The summed E-state index contributed by atoms with van der Waals surface area (Å²) < 4.78 is 8.23. The lowest BCUT2D eigenvalue weighted by molar-refractivity contribution is 0.617. The molecule has 0 unspecified atom stereocenters. The average Bonchev–Trinajstić information content (AvgIpc) is 3.37. The lowest BCUT2D eigenvalue weighted by Crippen LogP contribution is -1.95. The fourth-order valence-electron chi connectivity index (χ4n) is 4.29. The molecular formula is C26H17NO. The molecule has 0 fully saturated rings. The summed E-state index contributed by atoms with van der Waals surface area (Å²) in [6.45, 7) is 0. The summed E-state index contributed by atoms with van der Waals surface area (Å²) in [5, 5.41) is 3.63. The van der Waals surface area contributed by atoms with Crippen molar-refractivity contribution >= 4 is 32.8 Å². The molecule has 0 aliphatic rings. The van der Waals surface area contributed by atoms with Crippen LogP contribution in [0.1, 0.15) is 0 Å². The third kappa shape index (κ3) is 2.09. The number of fused-ring (bicyclic) bond motifs is 4. The zero-order valence-electron chi connectivity index (χ0n) is 15.2. The minimum absolute atomic E-state index is 0.930. The van der Waals surface area contributed by atoms with Crippen molar-refractivity contribution in [2.24, 2.45) is 0 Å². The number of benzene rings is 4. The first-order valence-corrected chi connectivity index (χ1v) is 9.46. The van der Waals surface area contributed by atoms with Crippen LogP contribution in [-0.4, -0.2) is 4.57 Å². The van der Waals surface area contributed by atoms with Gasteiger partial charge in [-0.2, -0.15) is 0 Å². The molecule has 2 heterocycles. The Bertz CT molecular complexity index is 1450. The van der Waals surface area contributed by atoms with Crippen molar-refractivity contribution in [3.05, 3.63) is 103 Å². The largest absolute Gasteiger partial charge is 0.464 e. The van der Waals surface area contributed by atoms with Crippen LogP contribution in [0.3, 0.4) is 0 Å². The fraction of sp³-hybridized carbons (Fsp3) is 0. The van der Waals surface area contributed by atoms with Crippen molar-refractivity contribution in [3.8, 4) is 16.8 Å². The van der Waals surface area contributed by atoms with Gasteiger partial charge < -0.3 is 8.98 Å². The van der Waals surface area contributed by atoms with Gasteiger partial charge in [-0.3, -0.25) is 0 Å². The monoisotopic (exact) mass is 359 g/mol. The summed E-state index contributed by atoms with van der Waals surface area (Å²) in [7, 11) is 0. The van der Waals surface area contributed by atoms with Crippen molar-refractivity contribution in [1.82, 2.24) is 4.57 Å². The molecule has 4 aromatic carbocycles. The lowest BCUT2D eigenvalue weighted by Gasteiger charge is -2.12. The Balaban J connectivity index is 1.83. The Morgan fingerprint density at radius 1 is 0.571 bits per heavy atom. The van der Waals surface area contributed by atoms with Gasteiger partial charge in [0.25, 0.3) is 0 Å². The Labute approximate surface area is 162 Å². The van der Waals surface area contributed by atoms with Gasteiger partial charge in [0.15, 0.2) is 0 Å². The van der Waals surface area contributed by atoms with Crippen LogP contribution in [0.5, 0.6) is 0 Å². The van der Waals surface area contributed by atoms with E-state index in [9.17, 15) is 0 Å². The van der Waals surface area contributed by atoms with Crippen molar-refractivity contribution in [2.75, 3.05) is 0 Å². The SMILES string of the molecule is c1ccc(-n2c3ccccc3c3cccc(-c4cccc5ccoc45)c32)cc1. The van der Waals surface area contributed by atoms with Crippen molar-refractivity contribution in [2.45, 2.75) is 0 Å². The fourth-order valence-corrected chi connectivity index (χ4v) is 4.29. The normalized spacial score (nSPS) is 11.6. The zero-order valence-corrected chi connectivity index (χ0v) is 15.2. The molecule has 6 aromatic rings. The Morgan fingerprint density at radius 3 is 2.25 bits per heavy atom. The van der Waals surface area contributed by atoms with Crippen LogP contribution in [0.15, 0.2) is 108 Å². The van der Waals surface area contributed by atoms with E-state index in [1.54, 1.807) is 6.26 Å². The highest BCUT2D eigenvalue weighted by Gasteiger charge is 2.17. The molecule has 0 atom stereocenters. The summed E-state index contributed by atoms with van der Waals surface area (Å²) in [6.07, 6.45) is 1.76. The van der Waals surface area contributed by atoms with Gasteiger partial charge in [-0.25, -0.2) is 0 Å². The van der Waals surface area contributed by atoms with E-state index >= 15 is 0 Å². The summed E-state index contributed by atoms with van der Waals surface area (Å²) >= 11 is 0. The molecule has 0 saturated carbocycles. The number of rotatable bonds is 2. The molecule has 132 valence electrons. The van der Waals surface area contributed by atoms with Crippen molar-refractivity contribution in [3.63, 3.8) is 0 Å². The molecule has 0 aliphatic carbocycles. The van der Waals surface area contributed by atoms with Gasteiger partial charge in [0.1, 0.15) is 5.58 Å². The van der Waals surface area contributed by atoms with Crippen LogP contribution < -0.4 is 0 Å². The third-order valence-electron chi connectivity index (χ3n) is 5.48. The minimum Gasteiger partial charge on any atom is -0.464 e. The Morgan fingerprint density at radius 2 is 1.32 bits per heavy atom. The summed E-state index contributed by atoms with van der Waals surface area (Å²) in [5.74, 6) is 0. The van der Waals surface area contributed by atoms with Crippen molar-refractivity contribution in [1.29, 1.82) is 0 Å². The Hall–Kier alpha value is -3.78. The van der Waals surface area contributed by atoms with Gasteiger partial charge >= 0.3 is 0 Å². The summed E-state index contributed by atoms with van der Waals surface area (Å²) in [6, 6.07) is 34.1. The van der Waals surface area contributed by atoms with Crippen LogP contribution in [0.25, 0.3) is 49.6 Å². The third-order valence-corrected chi connectivity index (χ3v) is 5.48. The van der Waals surface area contributed by atoms with Crippen LogP contribution >= 0.6 is 0 Å². The molecule has 0 spiro atoms. The van der Waals surface area contributed by atoms with Gasteiger partial charge in [-0.1, -0.05) is 72.8 Å². The average molecular weight is 359 g/mol. The van der Waals surface area contributed by atoms with Gasteiger partial charge in [-0.05, 0) is 24.3 Å².